The number of carbonyl (C=O) groups excluding carboxylic acids is 4. The van der Waals surface area contributed by atoms with Crippen LogP contribution in [0.25, 0.3) is 0 Å². The van der Waals surface area contributed by atoms with Gasteiger partial charge in [-0.1, -0.05) is 97.1 Å². The van der Waals surface area contributed by atoms with Crippen molar-refractivity contribution in [3.05, 3.63) is 150 Å². The first-order chi connectivity index (χ1) is 29.6. The fraction of sp³-hybridized carbons (Fsp3) is 0.360. The lowest BCUT2D eigenvalue weighted by Gasteiger charge is -2.35. The molecule has 2 saturated heterocycles. The second-order valence-electron chi connectivity index (χ2n) is 16.8. The minimum Gasteiger partial charge on any atom is -0.363 e. The molecule has 2 fully saturated rings. The van der Waals surface area contributed by atoms with E-state index in [2.05, 4.69) is 39.8 Å². The first-order valence-corrected chi connectivity index (χ1v) is 21.5. The highest BCUT2D eigenvalue weighted by molar-refractivity contribution is 5.99. The summed E-state index contributed by atoms with van der Waals surface area (Å²) in [5.74, 6) is -0.317. The SMILES string of the molecule is CN(C)C(C(=O)N1CCCC1C(=O)Nc1ccc(CN(Cc2ccc(NC(=O)C3CCCN3C(=O)C(C3C=CC=CC3)N(C)C)cc2)c2ccccc2)cc1)c1ccccc1. The molecular weight excluding hydrogens is 763 g/mol. The number of carbonyl (C=O) groups is 4. The van der Waals surface area contributed by atoms with E-state index < -0.39 is 18.1 Å². The van der Waals surface area contributed by atoms with Crippen LogP contribution in [-0.4, -0.2) is 103 Å². The number of hydrogen-bond acceptors (Lipinski definition) is 7. The van der Waals surface area contributed by atoms with Gasteiger partial charge in [0.1, 0.15) is 18.1 Å². The van der Waals surface area contributed by atoms with E-state index >= 15 is 0 Å². The monoisotopic (exact) mass is 821 g/mol. The van der Waals surface area contributed by atoms with Crippen molar-refractivity contribution < 1.29 is 19.2 Å². The maximum absolute atomic E-state index is 13.9. The molecule has 2 N–H and O–H groups in total. The smallest absolute Gasteiger partial charge is 0.247 e. The normalized spacial score (nSPS) is 19.5. The number of benzene rings is 4. The van der Waals surface area contributed by atoms with Crippen LogP contribution >= 0.6 is 0 Å². The number of nitrogens with zero attached hydrogens (tertiary/aromatic N) is 5. The number of hydrogen-bond donors (Lipinski definition) is 2. The number of allylic oxidation sites excluding steroid dienone is 3. The number of anilines is 3. The van der Waals surface area contributed by atoms with Gasteiger partial charge >= 0.3 is 0 Å². The van der Waals surface area contributed by atoms with Gasteiger partial charge in [-0.2, -0.15) is 0 Å². The van der Waals surface area contributed by atoms with E-state index in [1.54, 1.807) is 9.80 Å². The van der Waals surface area contributed by atoms with Crippen molar-refractivity contribution in [1.82, 2.24) is 19.6 Å². The Morgan fingerprint density at radius 1 is 0.623 bits per heavy atom. The molecule has 0 spiro atoms. The average Bonchev–Trinajstić information content (AvgIpc) is 3.98. The summed E-state index contributed by atoms with van der Waals surface area (Å²) in [4.78, 5) is 64.7. The van der Waals surface area contributed by atoms with Crippen LogP contribution in [0.1, 0.15) is 54.8 Å². The molecule has 2 aliphatic heterocycles. The molecule has 4 aromatic rings. The van der Waals surface area contributed by atoms with E-state index in [1.165, 1.54) is 0 Å². The molecular formula is C50H59N7O4. The molecule has 0 radical (unpaired) electrons. The van der Waals surface area contributed by atoms with Gasteiger partial charge in [-0.25, -0.2) is 0 Å². The minimum atomic E-state index is -0.532. The van der Waals surface area contributed by atoms with Crippen molar-refractivity contribution in [3.8, 4) is 0 Å². The first-order valence-electron chi connectivity index (χ1n) is 21.5. The number of rotatable bonds is 15. The Morgan fingerprint density at radius 2 is 1.13 bits per heavy atom. The van der Waals surface area contributed by atoms with Crippen molar-refractivity contribution in [1.29, 1.82) is 0 Å². The Morgan fingerprint density at radius 3 is 1.61 bits per heavy atom. The van der Waals surface area contributed by atoms with E-state index in [1.807, 2.05) is 147 Å². The van der Waals surface area contributed by atoms with Gasteiger partial charge in [0.15, 0.2) is 0 Å². The molecule has 318 valence electrons. The Balaban J connectivity index is 0.966. The fourth-order valence-corrected chi connectivity index (χ4v) is 9.01. The Labute approximate surface area is 360 Å². The quantitative estimate of drug-likeness (QED) is 0.132. The van der Waals surface area contributed by atoms with E-state index in [4.69, 9.17) is 0 Å². The number of amides is 4. The van der Waals surface area contributed by atoms with Crippen LogP contribution in [0.5, 0.6) is 0 Å². The lowest BCUT2D eigenvalue weighted by molar-refractivity contribution is -0.141. The summed E-state index contributed by atoms with van der Waals surface area (Å²) < 4.78 is 0. The van der Waals surface area contributed by atoms with Crippen molar-refractivity contribution in [2.45, 2.75) is 69.4 Å². The van der Waals surface area contributed by atoms with Gasteiger partial charge in [-0.3, -0.25) is 29.0 Å². The molecule has 4 amide bonds. The summed E-state index contributed by atoms with van der Waals surface area (Å²) in [6.45, 7) is 2.38. The standard InChI is InChI=1S/C50H59N7O4/c1-53(2)45(38-16-8-5-9-17-38)49(60)56-32-14-22-43(56)47(58)51-40-28-24-36(25-29-40)34-55(42-20-12-7-13-21-42)35-37-26-30-41(31-27-37)52-48(59)44-23-15-33-57(44)50(61)46(54(3)4)39-18-10-6-11-19-39/h5-13,16-18,20-21,24-31,39,43-46H,14-15,19,22-23,32-35H2,1-4H3,(H,51,58)(H,52,59). The molecule has 5 unspecified atom stereocenters. The van der Waals surface area contributed by atoms with Gasteiger partial charge in [-0.05, 0) is 113 Å². The van der Waals surface area contributed by atoms with E-state index in [0.29, 0.717) is 50.4 Å². The number of likely N-dealkylation sites (N-methyl/N-ethyl adjacent to an activating group) is 2. The molecule has 0 aromatic heterocycles. The molecule has 11 heteroatoms. The fourth-order valence-electron chi connectivity index (χ4n) is 9.01. The predicted octanol–water partition coefficient (Wildman–Crippen LogP) is 7.12. The highest BCUT2D eigenvalue weighted by Gasteiger charge is 2.41. The molecule has 0 saturated carbocycles. The van der Waals surface area contributed by atoms with Gasteiger partial charge < -0.3 is 25.3 Å². The Hall–Kier alpha value is -6.04. The molecule has 7 rings (SSSR count). The second-order valence-corrected chi connectivity index (χ2v) is 16.8. The first kappa shape index (κ1) is 43.1. The van der Waals surface area contributed by atoms with Gasteiger partial charge in [0.2, 0.25) is 23.6 Å². The highest BCUT2D eigenvalue weighted by Crippen LogP contribution is 2.29. The van der Waals surface area contributed by atoms with Crippen molar-refractivity contribution >= 4 is 40.7 Å². The lowest BCUT2D eigenvalue weighted by Crippen LogP contribution is -2.53. The van der Waals surface area contributed by atoms with Crippen LogP contribution < -0.4 is 15.5 Å². The van der Waals surface area contributed by atoms with Crippen LogP contribution in [0.15, 0.2) is 133 Å². The lowest BCUT2D eigenvalue weighted by atomic mass is 9.90. The van der Waals surface area contributed by atoms with Crippen LogP contribution in [0.3, 0.4) is 0 Å². The average molecular weight is 822 g/mol. The van der Waals surface area contributed by atoms with Gasteiger partial charge in [0, 0.05) is 49.2 Å². The van der Waals surface area contributed by atoms with Crippen LogP contribution in [0.2, 0.25) is 0 Å². The van der Waals surface area contributed by atoms with Crippen LogP contribution in [-0.2, 0) is 32.3 Å². The number of likely N-dealkylation sites (tertiary alicyclic amines) is 2. The molecule has 61 heavy (non-hydrogen) atoms. The van der Waals surface area contributed by atoms with Gasteiger partial charge in [0.25, 0.3) is 0 Å². The van der Waals surface area contributed by atoms with Crippen molar-refractivity contribution in [3.63, 3.8) is 0 Å². The third-order valence-corrected chi connectivity index (χ3v) is 12.1. The van der Waals surface area contributed by atoms with Crippen molar-refractivity contribution in [2.75, 3.05) is 56.8 Å². The van der Waals surface area contributed by atoms with Gasteiger partial charge in [0.05, 0.1) is 6.04 Å². The Kier molecular flexibility index (Phi) is 14.1. The summed E-state index contributed by atoms with van der Waals surface area (Å²) in [6, 6.07) is 33.9. The van der Waals surface area contributed by atoms with E-state index in [0.717, 1.165) is 41.6 Å². The zero-order valence-corrected chi connectivity index (χ0v) is 35.8. The summed E-state index contributed by atoms with van der Waals surface area (Å²) in [5, 5.41) is 6.17. The maximum Gasteiger partial charge on any atom is 0.247 e. The van der Waals surface area contributed by atoms with Crippen LogP contribution in [0.4, 0.5) is 17.1 Å². The van der Waals surface area contributed by atoms with Crippen molar-refractivity contribution in [2.24, 2.45) is 5.92 Å². The summed E-state index contributed by atoms with van der Waals surface area (Å²) >= 11 is 0. The Bertz CT molecular complexity index is 2170. The van der Waals surface area contributed by atoms with Crippen LogP contribution in [0, 0.1) is 5.92 Å². The third kappa shape index (κ3) is 10.5. The second kappa shape index (κ2) is 20.0. The molecule has 5 atom stereocenters. The zero-order chi connectivity index (χ0) is 42.9. The maximum atomic E-state index is 13.9. The molecule has 3 aliphatic rings. The molecule has 2 heterocycles. The highest BCUT2D eigenvalue weighted by atomic mass is 16.2. The molecule has 4 aromatic carbocycles. The number of nitrogens with one attached hydrogen (secondary N) is 2. The topological polar surface area (TPSA) is 109 Å². The molecule has 11 nitrogen and oxygen atoms in total. The zero-order valence-electron chi connectivity index (χ0n) is 35.8. The predicted molar refractivity (Wildman–Crippen MR) is 243 cm³/mol. The van der Waals surface area contributed by atoms with Gasteiger partial charge in [-0.15, -0.1) is 0 Å². The third-order valence-electron chi connectivity index (χ3n) is 12.1. The number of para-hydroxylation sites is 1. The molecule has 0 bridgehead atoms. The minimum absolute atomic E-state index is 0.00467. The largest absolute Gasteiger partial charge is 0.363 e. The summed E-state index contributed by atoms with van der Waals surface area (Å²) in [5.41, 5.74) is 5.50. The summed E-state index contributed by atoms with van der Waals surface area (Å²) in [7, 11) is 7.65. The van der Waals surface area contributed by atoms with E-state index in [-0.39, 0.29) is 35.6 Å². The van der Waals surface area contributed by atoms with E-state index in [9.17, 15) is 19.2 Å². The summed E-state index contributed by atoms with van der Waals surface area (Å²) in [6.07, 6.45) is 11.8. The molecule has 1 aliphatic carbocycles.